The van der Waals surface area contributed by atoms with E-state index in [1.165, 1.54) is 10.3 Å². The third kappa shape index (κ3) is 1.88. The predicted octanol–water partition coefficient (Wildman–Crippen LogP) is 3.09. The molecule has 0 amide bonds. The second-order valence-electron chi connectivity index (χ2n) is 3.48. The zero-order valence-electron chi connectivity index (χ0n) is 8.49. The molecule has 1 aromatic carbocycles. The molecule has 2 aromatic rings. The first kappa shape index (κ1) is 10.2. The monoisotopic (exact) mass is 220 g/mol. The molecule has 0 radical (unpaired) electrons. The molecule has 0 aliphatic rings. The van der Waals surface area contributed by atoms with Gasteiger partial charge in [0.05, 0.1) is 6.42 Å². The summed E-state index contributed by atoms with van der Waals surface area (Å²) in [5.41, 5.74) is 2.23. The van der Waals surface area contributed by atoms with Crippen LogP contribution in [0.1, 0.15) is 18.1 Å². The Labute approximate surface area is 92.2 Å². The second kappa shape index (κ2) is 4.03. The smallest absolute Gasteiger partial charge is 0.307 e. The van der Waals surface area contributed by atoms with Gasteiger partial charge in [-0.25, -0.2) is 0 Å². The Morgan fingerprint density at radius 1 is 1.40 bits per heavy atom. The molecule has 0 unspecified atom stereocenters. The van der Waals surface area contributed by atoms with E-state index in [1.54, 1.807) is 11.3 Å². The maximum absolute atomic E-state index is 10.7. The summed E-state index contributed by atoms with van der Waals surface area (Å²) in [5.74, 6) is -0.767. The molecule has 15 heavy (non-hydrogen) atoms. The minimum Gasteiger partial charge on any atom is -0.481 e. The van der Waals surface area contributed by atoms with Gasteiger partial charge in [0.15, 0.2) is 0 Å². The summed E-state index contributed by atoms with van der Waals surface area (Å²) >= 11 is 1.64. The van der Waals surface area contributed by atoms with Crippen molar-refractivity contribution in [2.45, 2.75) is 19.8 Å². The highest BCUT2D eigenvalue weighted by atomic mass is 32.1. The van der Waals surface area contributed by atoms with E-state index in [9.17, 15) is 4.79 Å². The fourth-order valence-electron chi connectivity index (χ4n) is 1.75. The third-order valence-corrected chi connectivity index (χ3v) is 3.60. The number of fused-ring (bicyclic) bond motifs is 1. The summed E-state index contributed by atoms with van der Waals surface area (Å²) in [6.45, 7) is 2.12. The molecule has 0 aliphatic carbocycles. The van der Waals surface area contributed by atoms with E-state index in [2.05, 4.69) is 13.0 Å². The summed E-state index contributed by atoms with van der Waals surface area (Å²) in [7, 11) is 0. The Morgan fingerprint density at radius 2 is 2.20 bits per heavy atom. The van der Waals surface area contributed by atoms with Crippen LogP contribution in [0.25, 0.3) is 10.1 Å². The highest BCUT2D eigenvalue weighted by molar-refractivity contribution is 7.17. The molecular weight excluding hydrogens is 208 g/mol. The average Bonchev–Trinajstić information content (AvgIpc) is 2.61. The Morgan fingerprint density at radius 3 is 2.87 bits per heavy atom. The third-order valence-electron chi connectivity index (χ3n) is 2.48. The first-order valence-corrected chi connectivity index (χ1v) is 5.80. The van der Waals surface area contributed by atoms with E-state index in [0.29, 0.717) is 0 Å². The van der Waals surface area contributed by atoms with Gasteiger partial charge in [-0.3, -0.25) is 4.79 Å². The van der Waals surface area contributed by atoms with Crippen LogP contribution in [0.4, 0.5) is 0 Å². The van der Waals surface area contributed by atoms with Crippen molar-refractivity contribution in [2.75, 3.05) is 0 Å². The molecule has 78 valence electrons. The summed E-state index contributed by atoms with van der Waals surface area (Å²) in [5, 5.41) is 11.8. The molecule has 0 atom stereocenters. The maximum Gasteiger partial charge on any atom is 0.307 e. The van der Waals surface area contributed by atoms with Crippen LogP contribution >= 0.6 is 11.3 Å². The van der Waals surface area contributed by atoms with Gasteiger partial charge in [0.2, 0.25) is 0 Å². The van der Waals surface area contributed by atoms with Crippen LogP contribution in [-0.2, 0) is 17.6 Å². The zero-order chi connectivity index (χ0) is 10.8. The molecule has 1 N–H and O–H groups in total. The lowest BCUT2D eigenvalue weighted by Crippen LogP contribution is -1.98. The van der Waals surface area contributed by atoms with E-state index in [1.807, 2.05) is 17.5 Å². The van der Waals surface area contributed by atoms with Crippen molar-refractivity contribution in [2.24, 2.45) is 0 Å². The molecule has 3 heteroatoms. The van der Waals surface area contributed by atoms with Crippen LogP contribution in [0.2, 0.25) is 0 Å². The van der Waals surface area contributed by atoms with E-state index >= 15 is 0 Å². The molecule has 0 fully saturated rings. The molecule has 2 rings (SSSR count). The van der Waals surface area contributed by atoms with Gasteiger partial charge in [0, 0.05) is 4.70 Å². The first-order chi connectivity index (χ1) is 7.22. The zero-order valence-corrected chi connectivity index (χ0v) is 9.30. The number of aliphatic carboxylic acids is 1. The molecule has 0 aliphatic heterocycles. The molecule has 0 bridgehead atoms. The molecule has 0 saturated heterocycles. The van der Waals surface area contributed by atoms with Crippen molar-refractivity contribution in [1.29, 1.82) is 0 Å². The lowest BCUT2D eigenvalue weighted by atomic mass is 10.1. The SMILES string of the molecule is CCc1cccc2c(CC(=O)O)csc12. The minimum absolute atomic E-state index is 0.118. The minimum atomic E-state index is -0.767. The van der Waals surface area contributed by atoms with Crippen LogP contribution in [0.5, 0.6) is 0 Å². The number of carboxylic acid groups (broad SMARTS) is 1. The van der Waals surface area contributed by atoms with Crippen LogP contribution in [0, 0.1) is 0 Å². The lowest BCUT2D eigenvalue weighted by Gasteiger charge is -1.99. The summed E-state index contributed by atoms with van der Waals surface area (Å²) < 4.78 is 1.23. The Balaban J connectivity index is 2.55. The largest absolute Gasteiger partial charge is 0.481 e. The Kier molecular flexibility index (Phi) is 2.73. The van der Waals surface area contributed by atoms with E-state index in [4.69, 9.17) is 5.11 Å². The molecule has 2 nitrogen and oxygen atoms in total. The van der Waals surface area contributed by atoms with Crippen LogP contribution in [0.15, 0.2) is 23.6 Å². The predicted molar refractivity (Wildman–Crippen MR) is 62.5 cm³/mol. The van der Waals surface area contributed by atoms with Gasteiger partial charge in [0.25, 0.3) is 0 Å². The number of carboxylic acids is 1. The summed E-state index contributed by atoms with van der Waals surface area (Å²) in [4.78, 5) is 10.7. The van der Waals surface area contributed by atoms with Crippen LogP contribution in [0.3, 0.4) is 0 Å². The molecule has 0 saturated carbocycles. The lowest BCUT2D eigenvalue weighted by molar-refractivity contribution is -0.136. The first-order valence-electron chi connectivity index (χ1n) is 4.92. The van der Waals surface area contributed by atoms with Gasteiger partial charge in [0.1, 0.15) is 0 Å². The topological polar surface area (TPSA) is 37.3 Å². The van der Waals surface area contributed by atoms with Gasteiger partial charge < -0.3 is 5.11 Å². The summed E-state index contributed by atoms with van der Waals surface area (Å²) in [6, 6.07) is 6.10. The fourth-order valence-corrected chi connectivity index (χ4v) is 2.91. The van der Waals surface area contributed by atoms with Crippen LogP contribution in [-0.4, -0.2) is 11.1 Å². The number of thiophene rings is 1. The van der Waals surface area contributed by atoms with Crippen molar-refractivity contribution < 1.29 is 9.90 Å². The van der Waals surface area contributed by atoms with Gasteiger partial charge in [-0.2, -0.15) is 0 Å². The fraction of sp³-hybridized carbons (Fsp3) is 0.250. The van der Waals surface area contributed by atoms with Crippen molar-refractivity contribution in [3.8, 4) is 0 Å². The Bertz CT molecular complexity index is 499. The van der Waals surface area contributed by atoms with Gasteiger partial charge >= 0.3 is 5.97 Å². The van der Waals surface area contributed by atoms with Crippen molar-refractivity contribution in [1.82, 2.24) is 0 Å². The van der Waals surface area contributed by atoms with E-state index < -0.39 is 5.97 Å². The van der Waals surface area contributed by atoms with Gasteiger partial charge in [-0.05, 0) is 28.3 Å². The van der Waals surface area contributed by atoms with Gasteiger partial charge in [-0.1, -0.05) is 25.1 Å². The van der Waals surface area contributed by atoms with E-state index in [-0.39, 0.29) is 6.42 Å². The van der Waals surface area contributed by atoms with Crippen molar-refractivity contribution >= 4 is 27.4 Å². The second-order valence-corrected chi connectivity index (χ2v) is 4.36. The standard InChI is InChI=1S/C12H12O2S/c1-2-8-4-3-5-10-9(6-11(13)14)7-15-12(8)10/h3-5,7H,2,6H2,1H3,(H,13,14). The van der Waals surface area contributed by atoms with Crippen molar-refractivity contribution in [3.05, 3.63) is 34.7 Å². The maximum atomic E-state index is 10.7. The number of rotatable bonds is 3. The molecule has 1 aromatic heterocycles. The quantitative estimate of drug-likeness (QED) is 0.863. The van der Waals surface area contributed by atoms with Crippen LogP contribution < -0.4 is 0 Å². The average molecular weight is 220 g/mol. The molecular formula is C12H12O2S. The summed E-state index contributed by atoms with van der Waals surface area (Å²) in [6.07, 6.45) is 1.11. The molecule has 1 heterocycles. The molecule has 0 spiro atoms. The number of benzene rings is 1. The highest BCUT2D eigenvalue weighted by Crippen LogP contribution is 2.29. The van der Waals surface area contributed by atoms with Crippen molar-refractivity contribution in [3.63, 3.8) is 0 Å². The number of aryl methyl sites for hydroxylation is 1. The van der Waals surface area contributed by atoms with Gasteiger partial charge in [-0.15, -0.1) is 11.3 Å². The number of hydrogen-bond acceptors (Lipinski definition) is 2. The number of hydrogen-bond donors (Lipinski definition) is 1. The normalized spacial score (nSPS) is 10.7. The highest BCUT2D eigenvalue weighted by Gasteiger charge is 2.09. The number of carbonyl (C=O) groups is 1. The Hall–Kier alpha value is -1.35. The van der Waals surface area contributed by atoms with E-state index in [0.717, 1.165) is 17.4 Å².